The highest BCUT2D eigenvalue weighted by Gasteiger charge is 2.43. The molecule has 5 rings (SSSR count). The number of aromatic nitrogens is 2. The van der Waals surface area contributed by atoms with E-state index in [0.29, 0.717) is 26.3 Å². The van der Waals surface area contributed by atoms with Crippen LogP contribution in [0.4, 0.5) is 5.13 Å². The van der Waals surface area contributed by atoms with Crippen LogP contribution in [0.1, 0.15) is 37.1 Å². The van der Waals surface area contributed by atoms with Gasteiger partial charge in [0.2, 0.25) is 11.0 Å². The molecular formula is C21H26N4O3S. The zero-order valence-corrected chi connectivity index (χ0v) is 17.3. The normalized spacial score (nSPS) is 23.8. The SMILES string of the molecule is O=C(C1CCCN1c1nc(Cc2ccccc2)ns1)N1CCC2(CC1)OCCO2. The van der Waals surface area contributed by atoms with Crippen LogP contribution in [0, 0.1) is 0 Å². The Balaban J connectivity index is 1.24. The predicted molar refractivity (Wildman–Crippen MR) is 110 cm³/mol. The van der Waals surface area contributed by atoms with E-state index in [1.165, 1.54) is 17.1 Å². The first-order chi connectivity index (χ1) is 14.2. The average molecular weight is 415 g/mol. The van der Waals surface area contributed by atoms with Crippen molar-refractivity contribution in [3.05, 3.63) is 41.7 Å². The number of benzene rings is 1. The molecular weight excluding hydrogens is 388 g/mol. The summed E-state index contributed by atoms with van der Waals surface area (Å²) >= 11 is 1.40. The largest absolute Gasteiger partial charge is 0.347 e. The van der Waals surface area contributed by atoms with E-state index in [1.807, 2.05) is 23.1 Å². The van der Waals surface area contributed by atoms with E-state index >= 15 is 0 Å². The van der Waals surface area contributed by atoms with Crippen molar-refractivity contribution in [2.45, 2.75) is 43.9 Å². The third-order valence-electron chi connectivity index (χ3n) is 6.10. The molecule has 1 unspecified atom stereocenters. The highest BCUT2D eigenvalue weighted by molar-refractivity contribution is 7.09. The van der Waals surface area contributed by atoms with Gasteiger partial charge in [0.25, 0.3) is 0 Å². The number of rotatable bonds is 4. The molecule has 4 heterocycles. The molecule has 3 fully saturated rings. The summed E-state index contributed by atoms with van der Waals surface area (Å²) in [5, 5.41) is 0.864. The number of likely N-dealkylation sites (tertiary alicyclic amines) is 1. The summed E-state index contributed by atoms with van der Waals surface area (Å²) in [6, 6.07) is 10.1. The van der Waals surface area contributed by atoms with Gasteiger partial charge in [-0.25, -0.2) is 4.98 Å². The number of anilines is 1. The number of ether oxygens (including phenoxy) is 2. The lowest BCUT2D eigenvalue weighted by atomic mass is 10.0. The molecule has 1 aromatic carbocycles. The number of carbonyl (C=O) groups excluding carboxylic acids is 1. The Morgan fingerprint density at radius 1 is 1.14 bits per heavy atom. The zero-order valence-electron chi connectivity index (χ0n) is 16.5. The monoisotopic (exact) mass is 414 g/mol. The average Bonchev–Trinajstić information content (AvgIpc) is 3.50. The Morgan fingerprint density at radius 2 is 1.90 bits per heavy atom. The fraction of sp³-hybridized carbons (Fsp3) is 0.571. The molecule has 3 aliphatic heterocycles. The Bertz CT molecular complexity index is 843. The highest BCUT2D eigenvalue weighted by Crippen LogP contribution is 2.33. The Kier molecular flexibility index (Phi) is 5.24. The molecule has 0 saturated carbocycles. The summed E-state index contributed by atoms with van der Waals surface area (Å²) in [5.41, 5.74) is 1.20. The fourth-order valence-corrected chi connectivity index (χ4v) is 5.29. The van der Waals surface area contributed by atoms with Crippen molar-refractivity contribution < 1.29 is 14.3 Å². The summed E-state index contributed by atoms with van der Waals surface area (Å²) < 4.78 is 16.1. The van der Waals surface area contributed by atoms with E-state index in [2.05, 4.69) is 21.4 Å². The minimum Gasteiger partial charge on any atom is -0.347 e. The molecule has 2 aromatic rings. The van der Waals surface area contributed by atoms with Gasteiger partial charge in [0.1, 0.15) is 11.9 Å². The topological polar surface area (TPSA) is 67.8 Å². The Labute approximate surface area is 174 Å². The van der Waals surface area contributed by atoms with Crippen molar-refractivity contribution in [2.75, 3.05) is 37.7 Å². The van der Waals surface area contributed by atoms with Crippen LogP contribution in [0.25, 0.3) is 0 Å². The van der Waals surface area contributed by atoms with Gasteiger partial charge in [-0.15, -0.1) is 0 Å². The Morgan fingerprint density at radius 3 is 2.66 bits per heavy atom. The predicted octanol–water partition coefficient (Wildman–Crippen LogP) is 2.46. The van der Waals surface area contributed by atoms with Crippen LogP contribution in [0.5, 0.6) is 0 Å². The Hall–Kier alpha value is -2.03. The van der Waals surface area contributed by atoms with Crippen molar-refractivity contribution >= 4 is 22.6 Å². The maximum Gasteiger partial charge on any atom is 0.245 e. The molecule has 0 N–H and O–H groups in total. The highest BCUT2D eigenvalue weighted by atomic mass is 32.1. The van der Waals surface area contributed by atoms with E-state index in [4.69, 9.17) is 14.5 Å². The summed E-state index contributed by atoms with van der Waals surface area (Å²) in [5.74, 6) is 0.581. The third kappa shape index (κ3) is 3.89. The number of hydrogen-bond acceptors (Lipinski definition) is 7. The molecule has 1 amide bonds. The van der Waals surface area contributed by atoms with Crippen LogP contribution in [0.15, 0.2) is 30.3 Å². The van der Waals surface area contributed by atoms with Crippen molar-refractivity contribution in [1.29, 1.82) is 0 Å². The van der Waals surface area contributed by atoms with Crippen LogP contribution in [-0.2, 0) is 20.7 Å². The van der Waals surface area contributed by atoms with E-state index in [1.54, 1.807) is 0 Å². The van der Waals surface area contributed by atoms with Crippen molar-refractivity contribution in [1.82, 2.24) is 14.3 Å². The van der Waals surface area contributed by atoms with Gasteiger partial charge in [-0.1, -0.05) is 30.3 Å². The molecule has 1 atom stereocenters. The molecule has 0 bridgehead atoms. The molecule has 0 radical (unpaired) electrons. The molecule has 154 valence electrons. The first-order valence-corrected chi connectivity index (χ1v) is 11.2. The third-order valence-corrected chi connectivity index (χ3v) is 6.89. The molecule has 1 aromatic heterocycles. The maximum absolute atomic E-state index is 13.2. The van der Waals surface area contributed by atoms with Crippen molar-refractivity contribution in [3.8, 4) is 0 Å². The van der Waals surface area contributed by atoms with Crippen LogP contribution >= 0.6 is 11.5 Å². The van der Waals surface area contributed by atoms with Gasteiger partial charge in [-0.3, -0.25) is 4.79 Å². The maximum atomic E-state index is 13.2. The molecule has 3 saturated heterocycles. The summed E-state index contributed by atoms with van der Waals surface area (Å²) in [6.07, 6.45) is 4.12. The van der Waals surface area contributed by atoms with E-state index in [-0.39, 0.29) is 11.9 Å². The smallest absolute Gasteiger partial charge is 0.245 e. The standard InChI is InChI=1S/C21H26N4O3S/c26-19(24-11-8-21(9-12-24)27-13-14-28-21)17-7-4-10-25(17)20-22-18(23-29-20)15-16-5-2-1-3-6-16/h1-3,5-6,17H,4,7-15H2. The van der Waals surface area contributed by atoms with Gasteiger partial charge in [-0.05, 0) is 18.4 Å². The quantitative estimate of drug-likeness (QED) is 0.766. The van der Waals surface area contributed by atoms with Gasteiger partial charge in [0.05, 0.1) is 13.2 Å². The lowest BCUT2D eigenvalue weighted by molar-refractivity contribution is -0.187. The number of amides is 1. The van der Waals surface area contributed by atoms with Gasteiger partial charge < -0.3 is 19.3 Å². The lowest BCUT2D eigenvalue weighted by Gasteiger charge is -2.39. The molecule has 8 heteroatoms. The lowest BCUT2D eigenvalue weighted by Crippen LogP contribution is -2.52. The molecule has 1 spiro atoms. The fourth-order valence-electron chi connectivity index (χ4n) is 4.53. The molecule has 0 aliphatic carbocycles. The molecule has 3 aliphatic rings. The second-order valence-corrected chi connectivity index (χ2v) is 8.67. The van der Waals surface area contributed by atoms with Crippen LogP contribution < -0.4 is 4.90 Å². The van der Waals surface area contributed by atoms with Crippen molar-refractivity contribution in [3.63, 3.8) is 0 Å². The molecule has 7 nitrogen and oxygen atoms in total. The van der Waals surface area contributed by atoms with Gasteiger partial charge in [-0.2, -0.15) is 4.37 Å². The summed E-state index contributed by atoms with van der Waals surface area (Å²) in [7, 11) is 0. The van der Waals surface area contributed by atoms with Crippen LogP contribution in [0.3, 0.4) is 0 Å². The minimum atomic E-state index is -0.447. The first kappa shape index (κ1) is 19.0. The van der Waals surface area contributed by atoms with Gasteiger partial charge in [0.15, 0.2) is 5.79 Å². The van der Waals surface area contributed by atoms with E-state index < -0.39 is 5.79 Å². The minimum absolute atomic E-state index is 0.132. The van der Waals surface area contributed by atoms with Crippen LogP contribution in [-0.4, -0.2) is 64.8 Å². The van der Waals surface area contributed by atoms with Crippen LogP contribution in [0.2, 0.25) is 0 Å². The van der Waals surface area contributed by atoms with Crippen molar-refractivity contribution in [2.24, 2.45) is 0 Å². The number of piperidine rings is 1. The van der Waals surface area contributed by atoms with E-state index in [9.17, 15) is 4.79 Å². The first-order valence-electron chi connectivity index (χ1n) is 10.4. The summed E-state index contributed by atoms with van der Waals surface area (Å²) in [4.78, 5) is 22.1. The second-order valence-electron chi connectivity index (χ2n) is 7.94. The number of hydrogen-bond donors (Lipinski definition) is 0. The zero-order chi connectivity index (χ0) is 19.7. The van der Waals surface area contributed by atoms with Gasteiger partial charge in [0, 0.05) is 50.4 Å². The van der Waals surface area contributed by atoms with Gasteiger partial charge >= 0.3 is 0 Å². The number of nitrogens with zero attached hydrogens (tertiary/aromatic N) is 4. The number of carbonyl (C=O) groups is 1. The second kappa shape index (κ2) is 8.01. The molecule has 29 heavy (non-hydrogen) atoms. The summed E-state index contributed by atoms with van der Waals surface area (Å²) in [6.45, 7) is 3.57. The van der Waals surface area contributed by atoms with E-state index in [0.717, 1.165) is 49.6 Å².